The summed E-state index contributed by atoms with van der Waals surface area (Å²) < 4.78 is 41.1. The van der Waals surface area contributed by atoms with Crippen molar-refractivity contribution in [3.8, 4) is 39.9 Å². The van der Waals surface area contributed by atoms with Crippen LogP contribution in [-0.2, 0) is 0 Å². The number of fused-ring (bicyclic) bond motifs is 2. The summed E-state index contributed by atoms with van der Waals surface area (Å²) >= 11 is 0. The maximum absolute atomic E-state index is 15.1. The summed E-state index contributed by atoms with van der Waals surface area (Å²) in [5, 5.41) is 29.8. The number of aromatic nitrogens is 4. The van der Waals surface area contributed by atoms with Gasteiger partial charge in [0.1, 0.15) is 17.5 Å². The number of rotatable bonds is 5. The normalized spacial score (nSPS) is 25.8. The zero-order valence-corrected chi connectivity index (χ0v) is 19.8. The molecule has 1 aromatic carbocycles. The molecule has 184 valence electrons. The fraction of sp³-hybridized carbons (Fsp3) is 0.440. The third kappa shape index (κ3) is 4.50. The first-order valence-corrected chi connectivity index (χ1v) is 11.6. The summed E-state index contributed by atoms with van der Waals surface area (Å²) in [5.74, 6) is -2.45. The number of phenolic OH excluding ortho intramolecular Hbond substituents is 1. The Kier molecular flexibility index (Phi) is 5.79. The Morgan fingerprint density at radius 2 is 1.74 bits per heavy atom. The topological polar surface area (TPSA) is 102 Å². The van der Waals surface area contributed by atoms with E-state index < -0.39 is 17.4 Å². The van der Waals surface area contributed by atoms with Crippen LogP contribution in [0, 0.1) is 11.6 Å². The lowest BCUT2D eigenvalue weighted by molar-refractivity contribution is 0.00726. The SMILES string of the molecule is COc1cc(-c2cc(O)c(-c3ccc(OC4CC5(C)CCCC(C)(C4)N5)nn3)c(F)c2F)cnn1. The van der Waals surface area contributed by atoms with Crippen LogP contribution in [0.3, 0.4) is 0 Å². The molecule has 10 heteroatoms. The first kappa shape index (κ1) is 23.3. The molecule has 2 N–H and O–H groups in total. The Bertz CT molecular complexity index is 1240. The number of nitrogens with zero attached hydrogens (tertiary/aromatic N) is 4. The molecule has 5 rings (SSSR count). The van der Waals surface area contributed by atoms with Gasteiger partial charge in [-0.1, -0.05) is 0 Å². The first-order valence-electron chi connectivity index (χ1n) is 11.6. The average Bonchev–Trinajstić information content (AvgIpc) is 2.81. The number of aromatic hydroxyl groups is 1. The minimum Gasteiger partial charge on any atom is -0.507 e. The van der Waals surface area contributed by atoms with E-state index in [1.54, 1.807) is 6.07 Å². The van der Waals surface area contributed by atoms with E-state index >= 15 is 4.39 Å². The maximum Gasteiger partial charge on any atom is 0.233 e. The summed E-state index contributed by atoms with van der Waals surface area (Å²) in [6.45, 7) is 4.44. The van der Waals surface area contributed by atoms with Gasteiger partial charge in [0.2, 0.25) is 11.8 Å². The zero-order valence-electron chi connectivity index (χ0n) is 19.8. The Hall–Kier alpha value is -3.40. The number of nitrogens with one attached hydrogen (secondary N) is 1. The van der Waals surface area contributed by atoms with Gasteiger partial charge in [-0.2, -0.15) is 5.10 Å². The molecule has 2 aliphatic heterocycles. The summed E-state index contributed by atoms with van der Waals surface area (Å²) in [6, 6.07) is 5.53. The second-order valence-electron chi connectivity index (χ2n) is 9.94. The van der Waals surface area contributed by atoms with E-state index in [0.717, 1.165) is 31.7 Å². The van der Waals surface area contributed by atoms with E-state index in [0.29, 0.717) is 5.88 Å². The monoisotopic (exact) mass is 483 g/mol. The van der Waals surface area contributed by atoms with Crippen LogP contribution in [0.25, 0.3) is 22.4 Å². The highest BCUT2D eigenvalue weighted by Gasteiger charge is 2.46. The molecule has 35 heavy (non-hydrogen) atoms. The lowest BCUT2D eigenvalue weighted by atomic mass is 9.70. The van der Waals surface area contributed by atoms with Crippen LogP contribution in [0.15, 0.2) is 30.5 Å². The molecule has 0 saturated carbocycles. The highest BCUT2D eigenvalue weighted by molar-refractivity contribution is 5.75. The van der Waals surface area contributed by atoms with Gasteiger partial charge in [0.25, 0.3) is 0 Å². The smallest absolute Gasteiger partial charge is 0.233 e. The van der Waals surface area contributed by atoms with Crippen LogP contribution in [0.4, 0.5) is 8.78 Å². The van der Waals surface area contributed by atoms with E-state index in [9.17, 15) is 9.50 Å². The summed E-state index contributed by atoms with van der Waals surface area (Å²) in [6.07, 6.45) is 6.30. The summed E-state index contributed by atoms with van der Waals surface area (Å²) in [5.41, 5.74) is -0.320. The van der Waals surface area contributed by atoms with Crippen molar-refractivity contribution in [3.63, 3.8) is 0 Å². The Labute approximate surface area is 201 Å². The third-order valence-electron chi connectivity index (χ3n) is 6.94. The van der Waals surface area contributed by atoms with Crippen molar-refractivity contribution in [2.75, 3.05) is 7.11 Å². The molecule has 2 fully saturated rings. The summed E-state index contributed by atoms with van der Waals surface area (Å²) in [7, 11) is 1.38. The molecule has 3 aromatic rings. The van der Waals surface area contributed by atoms with Gasteiger partial charge in [-0.25, -0.2) is 8.78 Å². The van der Waals surface area contributed by atoms with Crippen molar-refractivity contribution in [2.45, 2.75) is 63.1 Å². The molecule has 2 atom stereocenters. The van der Waals surface area contributed by atoms with Gasteiger partial charge in [0.05, 0.1) is 18.9 Å². The molecule has 2 aliphatic rings. The van der Waals surface area contributed by atoms with Crippen LogP contribution in [-0.4, -0.2) is 49.8 Å². The number of hydrogen-bond donors (Lipinski definition) is 2. The van der Waals surface area contributed by atoms with Gasteiger partial charge in [-0.3, -0.25) is 0 Å². The number of hydrogen-bond acceptors (Lipinski definition) is 8. The van der Waals surface area contributed by atoms with Gasteiger partial charge < -0.3 is 19.9 Å². The second kappa shape index (κ2) is 8.67. The van der Waals surface area contributed by atoms with Gasteiger partial charge in [0.15, 0.2) is 11.6 Å². The first-order chi connectivity index (χ1) is 16.7. The van der Waals surface area contributed by atoms with Crippen molar-refractivity contribution >= 4 is 0 Å². The van der Waals surface area contributed by atoms with Gasteiger partial charge >= 0.3 is 0 Å². The largest absolute Gasteiger partial charge is 0.507 e. The minimum atomic E-state index is -1.24. The van der Waals surface area contributed by atoms with E-state index in [-0.39, 0.29) is 45.4 Å². The number of halogens is 2. The van der Waals surface area contributed by atoms with Gasteiger partial charge in [-0.15, -0.1) is 15.3 Å². The molecule has 0 amide bonds. The molecule has 0 radical (unpaired) electrons. The molecule has 2 unspecified atom stereocenters. The zero-order chi connectivity index (χ0) is 24.8. The Balaban J connectivity index is 1.39. The fourth-order valence-electron chi connectivity index (χ4n) is 5.54. The van der Waals surface area contributed by atoms with E-state index in [2.05, 4.69) is 39.6 Å². The van der Waals surface area contributed by atoms with Gasteiger partial charge in [-0.05, 0) is 45.2 Å². The van der Waals surface area contributed by atoms with Crippen molar-refractivity contribution < 1.29 is 23.4 Å². The molecular weight excluding hydrogens is 456 g/mol. The van der Waals surface area contributed by atoms with Crippen LogP contribution in [0.2, 0.25) is 0 Å². The van der Waals surface area contributed by atoms with Crippen molar-refractivity contribution in [2.24, 2.45) is 0 Å². The molecule has 0 spiro atoms. The number of methoxy groups -OCH3 is 1. The second-order valence-corrected chi connectivity index (χ2v) is 9.94. The Morgan fingerprint density at radius 3 is 2.40 bits per heavy atom. The lowest BCUT2D eigenvalue weighted by Gasteiger charge is -2.53. The maximum atomic E-state index is 15.1. The summed E-state index contributed by atoms with van der Waals surface area (Å²) in [4.78, 5) is 0. The molecule has 4 heterocycles. The predicted octanol–water partition coefficient (Wildman–Crippen LogP) is 4.43. The standard InChI is InChI=1S/C25H27F2N5O3/c1-24-7-4-8-25(2,32-24)12-15(11-24)35-19-6-5-17(29-31-19)21-18(33)10-16(22(26)23(21)27)14-9-20(34-3)30-28-13-14/h5-6,9-10,13,15,32-33H,4,7-8,11-12H2,1-3H3. The average molecular weight is 484 g/mol. The molecule has 0 aliphatic carbocycles. The molecule has 2 saturated heterocycles. The van der Waals surface area contributed by atoms with E-state index in [1.165, 1.54) is 31.9 Å². The van der Waals surface area contributed by atoms with Crippen molar-refractivity contribution in [1.29, 1.82) is 0 Å². The number of ether oxygens (including phenoxy) is 2. The van der Waals surface area contributed by atoms with E-state index in [4.69, 9.17) is 9.47 Å². The highest BCUT2D eigenvalue weighted by Crippen LogP contribution is 2.41. The van der Waals surface area contributed by atoms with Crippen LogP contribution < -0.4 is 14.8 Å². The van der Waals surface area contributed by atoms with E-state index in [1.807, 2.05) is 0 Å². The molecule has 2 bridgehead atoms. The minimum absolute atomic E-state index is 0.00987. The molecule has 8 nitrogen and oxygen atoms in total. The quantitative estimate of drug-likeness (QED) is 0.550. The van der Waals surface area contributed by atoms with Gasteiger partial charge in [0, 0.05) is 47.2 Å². The third-order valence-corrected chi connectivity index (χ3v) is 6.94. The lowest BCUT2D eigenvalue weighted by Crippen LogP contribution is -2.65. The fourth-order valence-corrected chi connectivity index (χ4v) is 5.54. The van der Waals surface area contributed by atoms with Crippen molar-refractivity contribution in [3.05, 3.63) is 42.1 Å². The number of phenols is 1. The molecular formula is C25H27F2N5O3. The number of benzene rings is 1. The van der Waals surface area contributed by atoms with Crippen molar-refractivity contribution in [1.82, 2.24) is 25.7 Å². The van der Waals surface area contributed by atoms with Crippen LogP contribution in [0.1, 0.15) is 46.0 Å². The van der Waals surface area contributed by atoms with Crippen LogP contribution in [0.5, 0.6) is 17.5 Å². The molecule has 2 aromatic heterocycles. The Morgan fingerprint density at radius 1 is 1.00 bits per heavy atom. The predicted molar refractivity (Wildman–Crippen MR) is 124 cm³/mol. The highest BCUT2D eigenvalue weighted by atomic mass is 19.2. The number of piperidine rings is 2. The van der Waals surface area contributed by atoms with Crippen LogP contribution >= 0.6 is 0 Å².